The first-order valence-electron chi connectivity index (χ1n) is 5.25. The summed E-state index contributed by atoms with van der Waals surface area (Å²) in [4.78, 5) is 0. The minimum absolute atomic E-state index is 0.211. The Kier molecular flexibility index (Phi) is 3.05. The van der Waals surface area contributed by atoms with Crippen LogP contribution in [0.4, 0.5) is 0 Å². The van der Waals surface area contributed by atoms with E-state index in [0.29, 0.717) is 13.0 Å². The van der Waals surface area contributed by atoms with Gasteiger partial charge in [-0.1, -0.05) is 30.3 Å². The summed E-state index contributed by atoms with van der Waals surface area (Å²) in [5, 5.41) is 20.3. The van der Waals surface area contributed by atoms with Crippen LogP contribution in [-0.4, -0.2) is 29.0 Å². The molecule has 15 heavy (non-hydrogen) atoms. The van der Waals surface area contributed by atoms with Gasteiger partial charge in [-0.3, -0.25) is 0 Å². The predicted molar refractivity (Wildman–Crippen MR) is 56.4 cm³/mol. The first-order chi connectivity index (χ1) is 7.22. The summed E-state index contributed by atoms with van der Waals surface area (Å²) in [5.74, 6) is 0. The first kappa shape index (κ1) is 10.6. The van der Waals surface area contributed by atoms with E-state index in [9.17, 15) is 10.2 Å². The Labute approximate surface area is 89.3 Å². The molecule has 1 aromatic carbocycles. The number of aliphatic hydroxyl groups excluding tert-OH is 1. The summed E-state index contributed by atoms with van der Waals surface area (Å²) >= 11 is 0. The molecule has 0 saturated carbocycles. The van der Waals surface area contributed by atoms with Gasteiger partial charge in [-0.15, -0.1) is 0 Å². The Morgan fingerprint density at radius 1 is 1.27 bits per heavy atom. The van der Waals surface area contributed by atoms with Gasteiger partial charge in [0.1, 0.15) is 11.7 Å². The quantitative estimate of drug-likeness (QED) is 0.769. The molecule has 0 amide bonds. The molecule has 0 bridgehead atoms. The van der Waals surface area contributed by atoms with Crippen LogP contribution in [0.5, 0.6) is 0 Å². The average molecular weight is 208 g/mol. The predicted octanol–water partition coefficient (Wildman–Crippen LogP) is 1.26. The van der Waals surface area contributed by atoms with Crippen molar-refractivity contribution in [2.45, 2.75) is 24.5 Å². The Bertz CT molecular complexity index is 304. The Morgan fingerprint density at radius 2 is 2.00 bits per heavy atom. The van der Waals surface area contributed by atoms with Gasteiger partial charge in [0.25, 0.3) is 0 Å². The van der Waals surface area contributed by atoms with Crippen LogP contribution < -0.4 is 0 Å². The smallest absolute Gasteiger partial charge is 0.118 e. The summed E-state index contributed by atoms with van der Waals surface area (Å²) in [6.07, 6.45) is 0.516. The lowest BCUT2D eigenvalue weighted by Crippen LogP contribution is -2.44. The van der Waals surface area contributed by atoms with E-state index in [0.717, 1.165) is 12.0 Å². The molecule has 1 saturated heterocycles. The summed E-state index contributed by atoms with van der Waals surface area (Å²) in [5.41, 5.74) is -0.384. The summed E-state index contributed by atoms with van der Waals surface area (Å²) in [7, 11) is 0. The summed E-state index contributed by atoms with van der Waals surface area (Å²) < 4.78 is 5.22. The maximum Gasteiger partial charge on any atom is 0.118 e. The van der Waals surface area contributed by atoms with Crippen LogP contribution in [0.2, 0.25) is 0 Å². The topological polar surface area (TPSA) is 49.7 Å². The Morgan fingerprint density at radius 3 is 2.60 bits per heavy atom. The molecule has 3 heteroatoms. The second-order valence-corrected chi connectivity index (χ2v) is 4.07. The number of hydrogen-bond donors (Lipinski definition) is 2. The average Bonchev–Trinajstić information content (AvgIpc) is 2.30. The monoisotopic (exact) mass is 208 g/mol. The lowest BCUT2D eigenvalue weighted by atomic mass is 9.86. The highest BCUT2D eigenvalue weighted by molar-refractivity contribution is 5.20. The van der Waals surface area contributed by atoms with Crippen molar-refractivity contribution in [1.82, 2.24) is 0 Å². The van der Waals surface area contributed by atoms with Crippen molar-refractivity contribution in [3.63, 3.8) is 0 Å². The van der Waals surface area contributed by atoms with E-state index in [4.69, 9.17) is 4.74 Å². The number of benzene rings is 1. The lowest BCUT2D eigenvalue weighted by Gasteiger charge is -2.36. The zero-order valence-corrected chi connectivity index (χ0v) is 8.60. The molecule has 3 nitrogen and oxygen atoms in total. The normalized spacial score (nSPS) is 28.7. The van der Waals surface area contributed by atoms with Gasteiger partial charge < -0.3 is 14.9 Å². The second kappa shape index (κ2) is 4.31. The third-order valence-electron chi connectivity index (χ3n) is 2.87. The molecular formula is C12H16O3. The van der Waals surface area contributed by atoms with Crippen LogP contribution in [0.1, 0.15) is 24.5 Å². The highest BCUT2D eigenvalue weighted by Gasteiger charge is 2.38. The maximum absolute atomic E-state index is 10.2. The van der Waals surface area contributed by atoms with E-state index >= 15 is 0 Å². The minimum Gasteiger partial charge on any atom is -0.385 e. The molecule has 1 heterocycles. The van der Waals surface area contributed by atoms with Gasteiger partial charge >= 0.3 is 0 Å². The molecule has 0 aliphatic carbocycles. The van der Waals surface area contributed by atoms with E-state index in [1.165, 1.54) is 0 Å². The molecule has 1 aliphatic rings. The van der Waals surface area contributed by atoms with Gasteiger partial charge in [0, 0.05) is 6.61 Å². The van der Waals surface area contributed by atoms with Crippen LogP contribution in [-0.2, 0) is 4.74 Å². The van der Waals surface area contributed by atoms with Crippen molar-refractivity contribution in [1.29, 1.82) is 0 Å². The number of aliphatic hydroxyl groups is 2. The third kappa shape index (κ3) is 2.20. The van der Waals surface area contributed by atoms with Gasteiger partial charge in [-0.25, -0.2) is 0 Å². The second-order valence-electron chi connectivity index (χ2n) is 4.07. The molecule has 0 unspecified atom stereocenters. The Hall–Kier alpha value is -0.900. The van der Waals surface area contributed by atoms with Crippen LogP contribution >= 0.6 is 0 Å². The van der Waals surface area contributed by atoms with Crippen molar-refractivity contribution in [2.24, 2.45) is 0 Å². The minimum atomic E-state index is -1.13. The zero-order valence-electron chi connectivity index (χ0n) is 8.60. The highest BCUT2D eigenvalue weighted by atomic mass is 16.5. The molecule has 0 aromatic heterocycles. The fourth-order valence-electron chi connectivity index (χ4n) is 1.96. The molecule has 1 aromatic rings. The molecule has 2 N–H and O–H groups in total. The standard InChI is InChI=1S/C12H16O3/c13-11(10-5-2-1-3-6-10)12(14)7-4-8-15-9-12/h1-3,5-6,11,13-14H,4,7-9H2/t11-,12-/m0/s1. The molecular weight excluding hydrogens is 192 g/mol. The van der Waals surface area contributed by atoms with Crippen molar-refractivity contribution >= 4 is 0 Å². The lowest BCUT2D eigenvalue weighted by molar-refractivity contribution is -0.150. The van der Waals surface area contributed by atoms with Crippen LogP contribution in [0.25, 0.3) is 0 Å². The van der Waals surface area contributed by atoms with E-state index in [-0.39, 0.29) is 6.61 Å². The van der Waals surface area contributed by atoms with E-state index < -0.39 is 11.7 Å². The van der Waals surface area contributed by atoms with Crippen molar-refractivity contribution in [3.8, 4) is 0 Å². The highest BCUT2D eigenvalue weighted by Crippen LogP contribution is 2.32. The fraction of sp³-hybridized carbons (Fsp3) is 0.500. The third-order valence-corrected chi connectivity index (χ3v) is 2.87. The van der Waals surface area contributed by atoms with E-state index in [1.807, 2.05) is 30.3 Å². The first-order valence-corrected chi connectivity index (χ1v) is 5.25. The molecule has 1 aliphatic heterocycles. The molecule has 2 rings (SSSR count). The van der Waals surface area contributed by atoms with Crippen LogP contribution in [0.3, 0.4) is 0 Å². The number of ether oxygens (including phenoxy) is 1. The molecule has 1 fully saturated rings. The van der Waals surface area contributed by atoms with Gasteiger partial charge in [-0.05, 0) is 18.4 Å². The molecule has 0 radical (unpaired) electrons. The SMILES string of the molecule is O[C@@H](c1ccccc1)[C@]1(O)CCCOC1. The fourth-order valence-corrected chi connectivity index (χ4v) is 1.96. The van der Waals surface area contributed by atoms with Gasteiger partial charge in [0.2, 0.25) is 0 Å². The van der Waals surface area contributed by atoms with E-state index in [2.05, 4.69) is 0 Å². The molecule has 0 spiro atoms. The Balaban J connectivity index is 2.16. The van der Waals surface area contributed by atoms with Crippen LogP contribution in [0, 0.1) is 0 Å². The van der Waals surface area contributed by atoms with Crippen molar-refractivity contribution < 1.29 is 14.9 Å². The van der Waals surface area contributed by atoms with Gasteiger partial charge in [-0.2, -0.15) is 0 Å². The summed E-state index contributed by atoms with van der Waals surface area (Å²) in [6.45, 7) is 0.882. The van der Waals surface area contributed by atoms with E-state index in [1.54, 1.807) is 0 Å². The molecule has 2 atom stereocenters. The summed E-state index contributed by atoms with van der Waals surface area (Å²) in [6, 6.07) is 9.23. The zero-order chi connectivity index (χ0) is 10.7. The van der Waals surface area contributed by atoms with Crippen LogP contribution in [0.15, 0.2) is 30.3 Å². The van der Waals surface area contributed by atoms with Gasteiger partial charge in [0.05, 0.1) is 6.61 Å². The number of rotatable bonds is 2. The largest absolute Gasteiger partial charge is 0.385 e. The van der Waals surface area contributed by atoms with Crippen molar-refractivity contribution in [2.75, 3.05) is 13.2 Å². The van der Waals surface area contributed by atoms with Gasteiger partial charge in [0.15, 0.2) is 0 Å². The van der Waals surface area contributed by atoms with Crippen molar-refractivity contribution in [3.05, 3.63) is 35.9 Å². The molecule has 82 valence electrons. The number of hydrogen-bond acceptors (Lipinski definition) is 3. The maximum atomic E-state index is 10.2.